The molecule has 3 saturated heterocycles. The number of benzene rings is 1. The Balaban J connectivity index is 1.23. The number of hydrogen-bond donors (Lipinski definition) is 0. The van der Waals surface area contributed by atoms with Gasteiger partial charge in [-0.25, -0.2) is 9.48 Å². The van der Waals surface area contributed by atoms with Crippen molar-refractivity contribution in [1.29, 1.82) is 0 Å². The van der Waals surface area contributed by atoms with Crippen LogP contribution in [0.1, 0.15) is 98.8 Å². The molecule has 1 amide bonds. The summed E-state index contributed by atoms with van der Waals surface area (Å²) in [6.45, 7) is 16.9. The van der Waals surface area contributed by atoms with Crippen LogP contribution in [-0.4, -0.2) is 97.6 Å². The third kappa shape index (κ3) is 8.86. The Morgan fingerprint density at radius 1 is 1.12 bits per heavy atom. The summed E-state index contributed by atoms with van der Waals surface area (Å²) >= 11 is 7.08. The fraction of sp³-hybridized carbons (Fsp3) is 0.771. The number of aromatic nitrogens is 2. The SMILES string of the molecule is COCO[C@H]1C[C@@H](COCCCCc2c(Cl)cc3c(cnn3[C@H]3CCCCO3)c2B2OC(C)(C)C(C)(C)O2)CN(C(=O)OC(C)(C)C)C1. The number of likely N-dealkylation sites (tertiary alicyclic amines) is 1. The molecule has 1 aromatic heterocycles. The molecule has 3 aliphatic heterocycles. The van der Waals surface area contributed by atoms with E-state index in [0.29, 0.717) is 31.3 Å². The van der Waals surface area contributed by atoms with E-state index in [1.54, 1.807) is 12.0 Å². The first kappa shape index (κ1) is 37.3. The summed E-state index contributed by atoms with van der Waals surface area (Å²) in [6, 6.07) is 2.02. The minimum atomic E-state index is -0.570. The van der Waals surface area contributed by atoms with Crippen molar-refractivity contribution in [3.63, 3.8) is 0 Å². The van der Waals surface area contributed by atoms with Gasteiger partial charge in [0.15, 0.2) is 6.23 Å². The summed E-state index contributed by atoms with van der Waals surface area (Å²) in [5, 5.41) is 6.44. The predicted octanol–water partition coefficient (Wildman–Crippen LogP) is 6.27. The van der Waals surface area contributed by atoms with Crippen molar-refractivity contribution in [2.75, 3.05) is 46.8 Å². The van der Waals surface area contributed by atoms with Crippen molar-refractivity contribution in [2.45, 2.75) is 123 Å². The Labute approximate surface area is 291 Å². The number of halogens is 1. The largest absolute Gasteiger partial charge is 0.495 e. The first-order valence-electron chi connectivity index (χ1n) is 17.5. The molecule has 48 heavy (non-hydrogen) atoms. The predicted molar refractivity (Wildman–Crippen MR) is 186 cm³/mol. The summed E-state index contributed by atoms with van der Waals surface area (Å²) in [4.78, 5) is 14.6. The number of rotatable bonds is 12. The number of ether oxygens (including phenoxy) is 5. The van der Waals surface area contributed by atoms with Crippen molar-refractivity contribution in [3.8, 4) is 0 Å². The van der Waals surface area contributed by atoms with Crippen LogP contribution in [0.4, 0.5) is 4.79 Å². The molecule has 1 aromatic carbocycles. The summed E-state index contributed by atoms with van der Waals surface area (Å²) in [5.41, 5.74) is 1.35. The number of hydrogen-bond acceptors (Lipinski definition) is 9. The van der Waals surface area contributed by atoms with Gasteiger partial charge in [0, 0.05) is 43.2 Å². The van der Waals surface area contributed by atoms with Gasteiger partial charge in [0.05, 0.1) is 42.2 Å². The van der Waals surface area contributed by atoms with Gasteiger partial charge in [0.1, 0.15) is 12.4 Å². The van der Waals surface area contributed by atoms with Crippen LogP contribution >= 0.6 is 11.6 Å². The number of carbonyl (C=O) groups excluding carboxylic acids is 1. The quantitative estimate of drug-likeness (QED) is 0.145. The zero-order valence-corrected chi connectivity index (χ0v) is 30.9. The highest BCUT2D eigenvalue weighted by molar-refractivity contribution is 6.66. The van der Waals surface area contributed by atoms with E-state index >= 15 is 0 Å². The van der Waals surface area contributed by atoms with Crippen molar-refractivity contribution in [2.24, 2.45) is 5.92 Å². The van der Waals surface area contributed by atoms with Crippen LogP contribution in [0.5, 0.6) is 0 Å². The summed E-state index contributed by atoms with van der Waals surface area (Å²) in [5.74, 6) is 0.129. The fourth-order valence-electron chi connectivity index (χ4n) is 6.64. The molecule has 0 saturated carbocycles. The van der Waals surface area contributed by atoms with Crippen LogP contribution in [-0.2, 0) is 39.4 Å². The second kappa shape index (κ2) is 15.5. The second-order valence-corrected chi connectivity index (χ2v) is 15.8. The fourth-order valence-corrected chi connectivity index (χ4v) is 6.94. The maximum Gasteiger partial charge on any atom is 0.495 e. The Kier molecular flexibility index (Phi) is 12.1. The van der Waals surface area contributed by atoms with Gasteiger partial charge in [0.2, 0.25) is 0 Å². The average molecular weight is 692 g/mol. The first-order chi connectivity index (χ1) is 22.7. The number of carbonyl (C=O) groups is 1. The topological polar surface area (TPSA) is 103 Å². The Bertz CT molecular complexity index is 1370. The molecule has 0 aliphatic carbocycles. The van der Waals surface area contributed by atoms with Gasteiger partial charge in [-0.1, -0.05) is 11.6 Å². The highest BCUT2D eigenvalue weighted by atomic mass is 35.5. The lowest BCUT2D eigenvalue weighted by molar-refractivity contribution is -0.106. The molecule has 3 atom stereocenters. The molecule has 0 radical (unpaired) electrons. The molecule has 3 aliphatic rings. The normalized spacial score (nSPS) is 24.4. The van der Waals surface area contributed by atoms with Gasteiger partial charge in [-0.2, -0.15) is 5.10 Å². The maximum absolute atomic E-state index is 12.8. The van der Waals surface area contributed by atoms with Crippen molar-refractivity contribution in [3.05, 3.63) is 22.8 Å². The number of unbranched alkanes of at least 4 members (excludes halogenated alkanes) is 1. The third-order valence-electron chi connectivity index (χ3n) is 9.81. The summed E-state index contributed by atoms with van der Waals surface area (Å²) in [6.07, 6.45) is 7.66. The third-order valence-corrected chi connectivity index (χ3v) is 10.1. The van der Waals surface area contributed by atoms with Crippen LogP contribution in [0.3, 0.4) is 0 Å². The zero-order valence-electron chi connectivity index (χ0n) is 30.1. The number of piperidine rings is 1. The van der Waals surface area contributed by atoms with Crippen LogP contribution in [0.15, 0.2) is 12.3 Å². The standard InChI is InChI=1S/C35H55BClN3O8/c1-33(2,3)46-32(41)39-20-24(17-25(21-39)45-23-42-8)22-43-15-11-9-13-26-28(37)18-29-27(19-38-40(29)30-14-10-12-16-44-30)31(26)36-47-34(4,5)35(6,7)48-36/h18-19,24-25,30H,9-17,20-23H2,1-8H3/t24-,25+,30-/m1/s1. The molecule has 5 rings (SSSR count). The Morgan fingerprint density at radius 2 is 1.88 bits per heavy atom. The lowest BCUT2D eigenvalue weighted by Crippen LogP contribution is -2.49. The van der Waals surface area contributed by atoms with Crippen molar-refractivity contribution in [1.82, 2.24) is 14.7 Å². The molecule has 268 valence electrons. The van der Waals surface area contributed by atoms with Crippen LogP contribution < -0.4 is 5.46 Å². The molecule has 0 spiro atoms. The second-order valence-electron chi connectivity index (χ2n) is 15.4. The van der Waals surface area contributed by atoms with Crippen molar-refractivity contribution >= 4 is 41.2 Å². The molecule has 13 heteroatoms. The molecular formula is C35H55BClN3O8. The van der Waals surface area contributed by atoms with Gasteiger partial charge in [-0.15, -0.1) is 0 Å². The van der Waals surface area contributed by atoms with E-state index in [0.717, 1.165) is 73.5 Å². The van der Waals surface area contributed by atoms with Gasteiger partial charge in [-0.3, -0.25) is 0 Å². The average Bonchev–Trinajstić information content (AvgIpc) is 3.52. The smallest absolute Gasteiger partial charge is 0.444 e. The number of methoxy groups -OCH3 is 1. The van der Waals surface area contributed by atoms with Crippen molar-refractivity contribution < 1.29 is 37.8 Å². The first-order valence-corrected chi connectivity index (χ1v) is 17.9. The van der Waals surface area contributed by atoms with Crippen LogP contribution in [0.25, 0.3) is 10.9 Å². The molecule has 3 fully saturated rings. The molecule has 0 bridgehead atoms. The summed E-state index contributed by atoms with van der Waals surface area (Å²) < 4.78 is 44.0. The molecule has 2 aromatic rings. The Morgan fingerprint density at radius 3 is 2.54 bits per heavy atom. The van der Waals surface area contributed by atoms with Gasteiger partial charge in [0.25, 0.3) is 0 Å². The van der Waals surface area contributed by atoms with E-state index in [1.807, 2.05) is 37.7 Å². The minimum absolute atomic E-state index is 0.108. The van der Waals surface area contributed by atoms with Crippen LogP contribution in [0.2, 0.25) is 5.02 Å². The zero-order chi connectivity index (χ0) is 34.7. The Hall–Kier alpha value is -1.93. The maximum atomic E-state index is 12.8. The summed E-state index contributed by atoms with van der Waals surface area (Å²) in [7, 11) is 1.03. The molecule has 11 nitrogen and oxygen atoms in total. The highest BCUT2D eigenvalue weighted by Crippen LogP contribution is 2.39. The van der Waals surface area contributed by atoms with Gasteiger partial charge in [-0.05, 0) is 111 Å². The number of fused-ring (bicyclic) bond motifs is 1. The lowest BCUT2D eigenvalue weighted by Gasteiger charge is -2.38. The lowest BCUT2D eigenvalue weighted by atomic mass is 9.73. The van der Waals surface area contributed by atoms with E-state index < -0.39 is 23.9 Å². The number of amides is 1. The molecule has 0 N–H and O–H groups in total. The van der Waals surface area contributed by atoms with Crippen LogP contribution in [0, 0.1) is 5.92 Å². The molecular weight excluding hydrogens is 637 g/mol. The van der Waals surface area contributed by atoms with E-state index in [-0.39, 0.29) is 31.1 Å². The van der Waals surface area contributed by atoms with E-state index in [2.05, 4.69) is 27.7 Å². The van der Waals surface area contributed by atoms with Gasteiger partial charge < -0.3 is 37.9 Å². The molecule has 0 unspecified atom stereocenters. The van der Waals surface area contributed by atoms with E-state index in [1.165, 1.54) is 0 Å². The monoisotopic (exact) mass is 691 g/mol. The number of nitrogens with zero attached hydrogens (tertiary/aromatic N) is 3. The highest BCUT2D eigenvalue weighted by Gasteiger charge is 2.53. The molecule has 4 heterocycles. The van der Waals surface area contributed by atoms with Gasteiger partial charge >= 0.3 is 13.2 Å². The van der Waals surface area contributed by atoms with E-state index in [4.69, 9.17) is 49.7 Å². The van der Waals surface area contributed by atoms with E-state index in [9.17, 15) is 4.79 Å². The minimum Gasteiger partial charge on any atom is -0.444 e.